The molecule has 0 saturated heterocycles. The summed E-state index contributed by atoms with van der Waals surface area (Å²) in [6.45, 7) is 1.97. The van der Waals surface area contributed by atoms with Gasteiger partial charge >= 0.3 is 0 Å². The molecule has 0 aliphatic rings. The van der Waals surface area contributed by atoms with Crippen molar-refractivity contribution in [2.45, 2.75) is 12.1 Å². The van der Waals surface area contributed by atoms with E-state index in [-0.39, 0.29) is 0 Å². The predicted octanol–water partition coefficient (Wildman–Crippen LogP) is 1.15. The van der Waals surface area contributed by atoms with Crippen LogP contribution < -0.4 is 0 Å². The van der Waals surface area contributed by atoms with Crippen LogP contribution in [0, 0.1) is 6.92 Å². The molecule has 0 saturated carbocycles. The molecule has 2 aromatic rings. The quantitative estimate of drug-likeness (QED) is 0.488. The molecule has 0 radical (unpaired) electrons. The molecule has 4 nitrogen and oxygen atoms in total. The molecular formula is C7H8N4S. The van der Waals surface area contributed by atoms with Crippen molar-refractivity contribution >= 4 is 17.4 Å². The van der Waals surface area contributed by atoms with Gasteiger partial charge in [-0.1, -0.05) is 11.8 Å². The van der Waals surface area contributed by atoms with Crippen LogP contribution in [-0.2, 0) is 0 Å². The first-order chi connectivity index (χ1) is 5.83. The van der Waals surface area contributed by atoms with Crippen LogP contribution in [0.25, 0.3) is 5.65 Å². The average molecular weight is 180 g/mol. The molecule has 2 heterocycles. The van der Waals surface area contributed by atoms with Crippen LogP contribution in [0.3, 0.4) is 0 Å². The second-order valence-electron chi connectivity index (χ2n) is 2.45. The molecule has 0 aromatic carbocycles. The number of aromatic nitrogens is 4. The van der Waals surface area contributed by atoms with E-state index in [0.29, 0.717) is 0 Å². The minimum atomic E-state index is 0.884. The maximum absolute atomic E-state index is 4.24. The molecule has 0 unspecified atom stereocenters. The van der Waals surface area contributed by atoms with E-state index >= 15 is 0 Å². The van der Waals surface area contributed by atoms with Gasteiger partial charge < -0.3 is 0 Å². The molecule has 0 N–H and O–H groups in total. The Kier molecular flexibility index (Phi) is 1.73. The molecule has 12 heavy (non-hydrogen) atoms. The summed E-state index contributed by atoms with van der Waals surface area (Å²) < 4.78 is 1.89. The van der Waals surface area contributed by atoms with Crippen molar-refractivity contribution < 1.29 is 0 Å². The Balaban J connectivity index is 2.82. The van der Waals surface area contributed by atoms with Crippen LogP contribution in [-0.4, -0.2) is 25.8 Å². The minimum Gasteiger partial charge on any atom is -0.260 e. The first kappa shape index (κ1) is 7.54. The zero-order valence-electron chi connectivity index (χ0n) is 6.85. The lowest BCUT2D eigenvalue weighted by Gasteiger charge is -2.00. The van der Waals surface area contributed by atoms with E-state index in [2.05, 4.69) is 15.2 Å². The molecule has 0 bridgehead atoms. The fourth-order valence-corrected chi connectivity index (χ4v) is 1.56. The molecule has 0 aliphatic carbocycles. The van der Waals surface area contributed by atoms with Gasteiger partial charge in [0, 0.05) is 11.8 Å². The second kappa shape index (κ2) is 2.75. The summed E-state index contributed by atoms with van der Waals surface area (Å²) in [5.41, 5.74) is 1.93. The Hall–Kier alpha value is -1.10. The molecule has 0 aliphatic heterocycles. The third kappa shape index (κ3) is 0.972. The van der Waals surface area contributed by atoms with Gasteiger partial charge in [-0.3, -0.25) is 4.40 Å². The highest BCUT2D eigenvalue weighted by atomic mass is 32.2. The zero-order valence-corrected chi connectivity index (χ0v) is 7.67. The summed E-state index contributed by atoms with van der Waals surface area (Å²) >= 11 is 1.58. The van der Waals surface area contributed by atoms with Crippen molar-refractivity contribution in [1.82, 2.24) is 19.6 Å². The molecule has 62 valence electrons. The highest BCUT2D eigenvalue weighted by Crippen LogP contribution is 2.14. The van der Waals surface area contributed by atoms with E-state index in [1.165, 1.54) is 0 Å². The number of rotatable bonds is 1. The van der Waals surface area contributed by atoms with E-state index in [4.69, 9.17) is 0 Å². The SMILES string of the molecule is CSc1ncc(C)c2nncn12. The summed E-state index contributed by atoms with van der Waals surface area (Å²) in [6, 6.07) is 0. The molecular weight excluding hydrogens is 172 g/mol. The van der Waals surface area contributed by atoms with Gasteiger partial charge in [-0.2, -0.15) is 0 Å². The number of thioether (sulfide) groups is 1. The zero-order chi connectivity index (χ0) is 8.55. The number of fused-ring (bicyclic) bond motifs is 1. The lowest BCUT2D eigenvalue weighted by Crippen LogP contribution is -1.94. The lowest BCUT2D eigenvalue weighted by molar-refractivity contribution is 0.890. The standard InChI is InChI=1S/C7H8N4S/c1-5-3-8-7(12-2)11-4-9-10-6(5)11/h3-4H,1-2H3. The number of aryl methyl sites for hydroxylation is 1. The maximum atomic E-state index is 4.24. The van der Waals surface area contributed by atoms with Gasteiger partial charge in [0.2, 0.25) is 0 Å². The Labute approximate surface area is 74.0 Å². The largest absolute Gasteiger partial charge is 0.260 e. The fraction of sp³-hybridized carbons (Fsp3) is 0.286. The van der Waals surface area contributed by atoms with Crippen LogP contribution in [0.15, 0.2) is 17.7 Å². The third-order valence-electron chi connectivity index (χ3n) is 1.66. The van der Waals surface area contributed by atoms with E-state index in [1.54, 1.807) is 18.1 Å². The number of hydrogen-bond acceptors (Lipinski definition) is 4. The molecule has 0 spiro atoms. The van der Waals surface area contributed by atoms with Gasteiger partial charge in [-0.25, -0.2) is 4.98 Å². The molecule has 2 rings (SSSR count). The van der Waals surface area contributed by atoms with Crippen LogP contribution >= 0.6 is 11.8 Å². The van der Waals surface area contributed by atoms with Crippen molar-refractivity contribution in [3.63, 3.8) is 0 Å². The fourth-order valence-electron chi connectivity index (χ4n) is 1.07. The highest BCUT2D eigenvalue weighted by molar-refractivity contribution is 7.98. The van der Waals surface area contributed by atoms with Crippen LogP contribution in [0.2, 0.25) is 0 Å². The summed E-state index contributed by atoms with van der Waals surface area (Å²) in [5.74, 6) is 0. The maximum Gasteiger partial charge on any atom is 0.174 e. The van der Waals surface area contributed by atoms with Gasteiger partial charge in [0.15, 0.2) is 10.8 Å². The van der Waals surface area contributed by atoms with Crippen molar-refractivity contribution in [1.29, 1.82) is 0 Å². The summed E-state index contributed by atoms with van der Waals surface area (Å²) in [6.07, 6.45) is 5.48. The Morgan fingerprint density at radius 3 is 3.08 bits per heavy atom. The van der Waals surface area contributed by atoms with E-state index < -0.39 is 0 Å². The first-order valence-electron chi connectivity index (χ1n) is 3.52. The first-order valence-corrected chi connectivity index (χ1v) is 4.74. The van der Waals surface area contributed by atoms with Crippen molar-refractivity contribution in [2.75, 3.05) is 6.26 Å². The smallest absolute Gasteiger partial charge is 0.174 e. The highest BCUT2D eigenvalue weighted by Gasteiger charge is 2.03. The normalized spacial score (nSPS) is 10.8. The average Bonchev–Trinajstić information content (AvgIpc) is 2.54. The molecule has 2 aromatic heterocycles. The number of nitrogens with zero attached hydrogens (tertiary/aromatic N) is 4. The minimum absolute atomic E-state index is 0.884. The number of hydrogen-bond donors (Lipinski definition) is 0. The van der Waals surface area contributed by atoms with Gasteiger partial charge in [-0.15, -0.1) is 10.2 Å². The Morgan fingerprint density at radius 2 is 2.33 bits per heavy atom. The van der Waals surface area contributed by atoms with Gasteiger partial charge in [0.05, 0.1) is 0 Å². The molecule has 0 amide bonds. The Bertz CT molecular complexity index is 409. The molecule has 5 heteroatoms. The Morgan fingerprint density at radius 1 is 1.50 bits per heavy atom. The van der Waals surface area contributed by atoms with Crippen LogP contribution in [0.5, 0.6) is 0 Å². The van der Waals surface area contributed by atoms with Crippen LogP contribution in [0.4, 0.5) is 0 Å². The lowest BCUT2D eigenvalue weighted by atomic mass is 10.4. The van der Waals surface area contributed by atoms with Gasteiger partial charge in [0.1, 0.15) is 6.33 Å². The van der Waals surface area contributed by atoms with Crippen LogP contribution in [0.1, 0.15) is 5.56 Å². The van der Waals surface area contributed by atoms with E-state index in [0.717, 1.165) is 16.4 Å². The monoisotopic (exact) mass is 180 g/mol. The summed E-state index contributed by atoms with van der Waals surface area (Å²) in [5, 5.41) is 8.73. The third-order valence-corrected chi connectivity index (χ3v) is 2.33. The second-order valence-corrected chi connectivity index (χ2v) is 3.23. The topological polar surface area (TPSA) is 43.1 Å². The predicted molar refractivity (Wildman–Crippen MR) is 47.3 cm³/mol. The summed E-state index contributed by atoms with van der Waals surface area (Å²) in [7, 11) is 0. The van der Waals surface area contributed by atoms with Gasteiger partial charge in [-0.05, 0) is 13.2 Å². The molecule has 0 fully saturated rings. The summed E-state index contributed by atoms with van der Waals surface area (Å²) in [4.78, 5) is 4.24. The molecule has 0 atom stereocenters. The van der Waals surface area contributed by atoms with Crippen molar-refractivity contribution in [3.8, 4) is 0 Å². The van der Waals surface area contributed by atoms with E-state index in [9.17, 15) is 0 Å². The van der Waals surface area contributed by atoms with Crippen molar-refractivity contribution in [2.24, 2.45) is 0 Å². The van der Waals surface area contributed by atoms with E-state index in [1.807, 2.05) is 23.8 Å². The van der Waals surface area contributed by atoms with Crippen molar-refractivity contribution in [3.05, 3.63) is 18.1 Å². The van der Waals surface area contributed by atoms with Gasteiger partial charge in [0.25, 0.3) is 0 Å².